The third-order valence-electron chi connectivity index (χ3n) is 4.90. The monoisotopic (exact) mass is 354 g/mol. The maximum Gasteiger partial charge on any atom is 0.418 e. The quantitative estimate of drug-likeness (QED) is 0.903. The lowest BCUT2D eigenvalue weighted by Gasteiger charge is -2.31. The van der Waals surface area contributed by atoms with E-state index < -0.39 is 29.5 Å². The maximum absolute atomic E-state index is 13.0. The number of likely N-dealkylation sites (tertiary alicyclic amines) is 1. The third kappa shape index (κ3) is 3.96. The largest absolute Gasteiger partial charge is 0.418 e. The number of amides is 2. The zero-order valence-electron chi connectivity index (χ0n) is 14.0. The Balaban J connectivity index is 1.62. The summed E-state index contributed by atoms with van der Waals surface area (Å²) in [5.74, 6) is -1.05. The summed E-state index contributed by atoms with van der Waals surface area (Å²) in [7, 11) is 0. The van der Waals surface area contributed by atoms with Gasteiger partial charge >= 0.3 is 6.18 Å². The molecule has 1 saturated carbocycles. The van der Waals surface area contributed by atoms with Crippen molar-refractivity contribution in [1.82, 2.24) is 4.90 Å². The Kier molecular flexibility index (Phi) is 4.75. The summed E-state index contributed by atoms with van der Waals surface area (Å²) >= 11 is 0. The molecule has 7 heteroatoms. The number of halogens is 3. The number of benzene rings is 1. The minimum Gasteiger partial charge on any atom is -0.342 e. The van der Waals surface area contributed by atoms with Crippen LogP contribution in [0.25, 0.3) is 0 Å². The molecule has 136 valence electrons. The highest BCUT2D eigenvalue weighted by molar-refractivity contribution is 6.00. The maximum atomic E-state index is 13.0. The lowest BCUT2D eigenvalue weighted by Crippen LogP contribution is -2.40. The van der Waals surface area contributed by atoms with Crippen molar-refractivity contribution in [2.24, 2.45) is 17.8 Å². The predicted molar refractivity (Wildman–Crippen MR) is 86.6 cm³/mol. The molecule has 1 aromatic rings. The van der Waals surface area contributed by atoms with Crippen molar-refractivity contribution in [3.8, 4) is 0 Å². The second-order valence-electron chi connectivity index (χ2n) is 7.01. The minimum atomic E-state index is -4.54. The van der Waals surface area contributed by atoms with Gasteiger partial charge in [0.15, 0.2) is 0 Å². The van der Waals surface area contributed by atoms with E-state index in [1.165, 1.54) is 18.2 Å². The van der Waals surface area contributed by atoms with E-state index in [4.69, 9.17) is 0 Å². The topological polar surface area (TPSA) is 49.4 Å². The van der Waals surface area contributed by atoms with Gasteiger partial charge in [-0.2, -0.15) is 13.2 Å². The second kappa shape index (κ2) is 6.69. The van der Waals surface area contributed by atoms with Gasteiger partial charge in [-0.3, -0.25) is 9.59 Å². The van der Waals surface area contributed by atoms with Gasteiger partial charge in [0, 0.05) is 13.1 Å². The number of nitrogens with zero attached hydrogens (tertiary/aromatic N) is 1. The summed E-state index contributed by atoms with van der Waals surface area (Å²) < 4.78 is 39.0. The summed E-state index contributed by atoms with van der Waals surface area (Å²) in [5.41, 5.74) is -1.14. The number of hydrogen-bond donors (Lipinski definition) is 1. The number of piperidine rings is 1. The van der Waals surface area contributed by atoms with Gasteiger partial charge in [-0.1, -0.05) is 19.1 Å². The average Bonchev–Trinajstić information content (AvgIpc) is 3.34. The van der Waals surface area contributed by atoms with Gasteiger partial charge in [0.1, 0.15) is 0 Å². The molecule has 1 aromatic carbocycles. The summed E-state index contributed by atoms with van der Waals surface area (Å²) in [6.45, 7) is 3.48. The fourth-order valence-corrected chi connectivity index (χ4v) is 3.45. The SMILES string of the molecule is CC1CCCN(C(=O)C2CC2C(=O)Nc2ccccc2C(F)(F)F)C1. The van der Waals surface area contributed by atoms with Crippen molar-refractivity contribution in [1.29, 1.82) is 0 Å². The van der Waals surface area contributed by atoms with Gasteiger partial charge < -0.3 is 10.2 Å². The molecule has 2 fully saturated rings. The van der Waals surface area contributed by atoms with E-state index in [2.05, 4.69) is 12.2 Å². The standard InChI is InChI=1S/C18H21F3N2O2/c1-11-5-4-8-23(10-11)17(25)13-9-12(13)16(24)22-15-7-3-2-6-14(15)18(19,20)21/h2-3,6-7,11-13H,4-5,8-10H2,1H3,(H,22,24). The lowest BCUT2D eigenvalue weighted by molar-refractivity contribution is -0.137. The van der Waals surface area contributed by atoms with Gasteiger partial charge in [-0.15, -0.1) is 0 Å². The Morgan fingerprint density at radius 1 is 1.20 bits per heavy atom. The van der Waals surface area contributed by atoms with E-state index in [9.17, 15) is 22.8 Å². The lowest BCUT2D eigenvalue weighted by atomic mass is 10.00. The Bertz CT molecular complexity index is 675. The first-order valence-electron chi connectivity index (χ1n) is 8.53. The number of carbonyl (C=O) groups excluding carboxylic acids is 2. The second-order valence-corrected chi connectivity index (χ2v) is 7.01. The first-order chi connectivity index (χ1) is 11.8. The molecule has 3 rings (SSSR count). The van der Waals surface area contributed by atoms with Crippen molar-refractivity contribution in [3.63, 3.8) is 0 Å². The van der Waals surface area contributed by atoms with E-state index in [-0.39, 0.29) is 11.6 Å². The number of nitrogens with one attached hydrogen (secondary N) is 1. The van der Waals surface area contributed by atoms with Gasteiger partial charge in [0.25, 0.3) is 0 Å². The van der Waals surface area contributed by atoms with Crippen LogP contribution in [0.5, 0.6) is 0 Å². The van der Waals surface area contributed by atoms with Crippen LogP contribution >= 0.6 is 0 Å². The molecule has 25 heavy (non-hydrogen) atoms. The molecule has 0 radical (unpaired) electrons. The molecule has 3 unspecified atom stereocenters. The molecule has 2 amide bonds. The Hall–Kier alpha value is -2.05. The predicted octanol–water partition coefficient (Wildman–Crippen LogP) is 3.54. The van der Waals surface area contributed by atoms with Crippen molar-refractivity contribution in [2.75, 3.05) is 18.4 Å². The fourth-order valence-electron chi connectivity index (χ4n) is 3.45. The minimum absolute atomic E-state index is 0.0455. The van der Waals surface area contributed by atoms with Crippen LogP contribution in [-0.2, 0) is 15.8 Å². The van der Waals surface area contributed by atoms with E-state index in [0.29, 0.717) is 25.4 Å². The van der Waals surface area contributed by atoms with E-state index in [1.807, 2.05) is 0 Å². The van der Waals surface area contributed by atoms with Crippen molar-refractivity contribution >= 4 is 17.5 Å². The van der Waals surface area contributed by atoms with Crippen LogP contribution in [0.3, 0.4) is 0 Å². The molecule has 3 atom stereocenters. The molecule has 0 bridgehead atoms. The van der Waals surface area contributed by atoms with Crippen molar-refractivity contribution in [2.45, 2.75) is 32.4 Å². The van der Waals surface area contributed by atoms with Crippen LogP contribution in [0.15, 0.2) is 24.3 Å². The normalized spacial score (nSPS) is 26.2. The number of para-hydroxylation sites is 1. The molecule has 1 heterocycles. The number of anilines is 1. The Labute approximate surface area is 144 Å². The van der Waals surface area contributed by atoms with Crippen LogP contribution in [0, 0.1) is 17.8 Å². The van der Waals surface area contributed by atoms with E-state index in [0.717, 1.165) is 18.9 Å². The molecule has 1 aliphatic heterocycles. The summed E-state index contributed by atoms with van der Waals surface area (Å²) in [6, 6.07) is 4.88. The van der Waals surface area contributed by atoms with Crippen molar-refractivity contribution in [3.05, 3.63) is 29.8 Å². The molecule has 0 aromatic heterocycles. The molecule has 1 N–H and O–H groups in total. The average molecular weight is 354 g/mol. The fraction of sp³-hybridized carbons (Fsp3) is 0.556. The zero-order chi connectivity index (χ0) is 18.2. The molecular weight excluding hydrogens is 333 g/mol. The molecular formula is C18H21F3N2O2. The van der Waals surface area contributed by atoms with Gasteiger partial charge in [-0.05, 0) is 37.3 Å². The Morgan fingerprint density at radius 3 is 2.60 bits per heavy atom. The molecule has 4 nitrogen and oxygen atoms in total. The smallest absolute Gasteiger partial charge is 0.342 e. The van der Waals surface area contributed by atoms with Gasteiger partial charge in [0.2, 0.25) is 11.8 Å². The van der Waals surface area contributed by atoms with Crippen LogP contribution in [-0.4, -0.2) is 29.8 Å². The van der Waals surface area contributed by atoms with E-state index >= 15 is 0 Å². The highest BCUT2D eigenvalue weighted by Crippen LogP contribution is 2.42. The first-order valence-corrected chi connectivity index (χ1v) is 8.53. The van der Waals surface area contributed by atoms with E-state index in [1.54, 1.807) is 4.90 Å². The number of carbonyl (C=O) groups is 2. The number of alkyl halides is 3. The third-order valence-corrected chi connectivity index (χ3v) is 4.90. The van der Waals surface area contributed by atoms with Crippen LogP contribution in [0.4, 0.5) is 18.9 Å². The number of rotatable bonds is 3. The summed E-state index contributed by atoms with van der Waals surface area (Å²) in [5, 5.41) is 2.35. The highest BCUT2D eigenvalue weighted by atomic mass is 19.4. The van der Waals surface area contributed by atoms with Crippen LogP contribution < -0.4 is 5.32 Å². The Morgan fingerprint density at radius 2 is 1.92 bits per heavy atom. The van der Waals surface area contributed by atoms with Crippen LogP contribution in [0.1, 0.15) is 31.7 Å². The highest BCUT2D eigenvalue weighted by Gasteiger charge is 2.50. The van der Waals surface area contributed by atoms with Crippen LogP contribution in [0.2, 0.25) is 0 Å². The summed E-state index contributed by atoms with van der Waals surface area (Å²) in [4.78, 5) is 26.5. The first kappa shape index (κ1) is 17.8. The molecule has 2 aliphatic rings. The van der Waals surface area contributed by atoms with Gasteiger partial charge in [0.05, 0.1) is 23.1 Å². The summed E-state index contributed by atoms with van der Waals surface area (Å²) in [6.07, 6.45) is -2.08. The molecule has 0 spiro atoms. The zero-order valence-corrected chi connectivity index (χ0v) is 14.0. The van der Waals surface area contributed by atoms with Crippen molar-refractivity contribution < 1.29 is 22.8 Å². The number of hydrogen-bond acceptors (Lipinski definition) is 2. The van der Waals surface area contributed by atoms with Gasteiger partial charge in [-0.25, -0.2) is 0 Å². The molecule has 1 aliphatic carbocycles. The molecule has 1 saturated heterocycles.